The summed E-state index contributed by atoms with van der Waals surface area (Å²) in [5.74, 6) is 0.816. The molecule has 3 rings (SSSR count). The molecule has 0 aromatic heterocycles. The Kier molecular flexibility index (Phi) is 9.04. The first-order valence-electron chi connectivity index (χ1n) is 11.3. The normalized spacial score (nSPS) is 14.6. The van der Waals surface area contributed by atoms with Gasteiger partial charge in [-0.3, -0.25) is 4.79 Å². The van der Waals surface area contributed by atoms with Gasteiger partial charge in [-0.1, -0.05) is 30.9 Å². The SMILES string of the molecule is CCOc1ccc(S(=O)(=O)N(CC(=O)Nc2cc(OC)c(Cl)cc2OC)C2CCCCC2)cc1. The van der Waals surface area contributed by atoms with Crippen LogP contribution in [0.15, 0.2) is 41.3 Å². The van der Waals surface area contributed by atoms with Gasteiger partial charge in [0.25, 0.3) is 0 Å². The summed E-state index contributed by atoms with van der Waals surface area (Å²) in [4.78, 5) is 13.2. The molecule has 0 bridgehead atoms. The first kappa shape index (κ1) is 26.1. The molecule has 1 aliphatic carbocycles. The number of halogens is 1. The van der Waals surface area contributed by atoms with Crippen LogP contribution in [0.4, 0.5) is 5.69 Å². The molecule has 1 saturated carbocycles. The Morgan fingerprint density at radius 3 is 2.29 bits per heavy atom. The number of methoxy groups -OCH3 is 2. The fraction of sp³-hybridized carbons (Fsp3) is 0.458. The lowest BCUT2D eigenvalue weighted by atomic mass is 9.95. The van der Waals surface area contributed by atoms with Gasteiger partial charge in [-0.15, -0.1) is 0 Å². The molecule has 2 aromatic rings. The average molecular weight is 511 g/mol. The third-order valence-electron chi connectivity index (χ3n) is 5.77. The smallest absolute Gasteiger partial charge is 0.243 e. The molecule has 0 atom stereocenters. The molecule has 0 saturated heterocycles. The van der Waals surface area contributed by atoms with E-state index in [4.69, 9.17) is 25.8 Å². The Balaban J connectivity index is 1.87. The van der Waals surface area contributed by atoms with Crippen LogP contribution in [0.5, 0.6) is 17.2 Å². The van der Waals surface area contributed by atoms with Crippen LogP contribution in [0, 0.1) is 0 Å². The van der Waals surface area contributed by atoms with Crippen molar-refractivity contribution in [3.8, 4) is 17.2 Å². The highest BCUT2D eigenvalue weighted by Crippen LogP contribution is 2.36. The van der Waals surface area contributed by atoms with Crippen molar-refractivity contribution < 1.29 is 27.4 Å². The van der Waals surface area contributed by atoms with E-state index in [1.807, 2.05) is 6.92 Å². The fourth-order valence-corrected chi connectivity index (χ4v) is 5.95. The molecule has 2 aromatic carbocycles. The standard InChI is InChI=1S/C24H31ClN2O6S/c1-4-33-18-10-12-19(13-11-18)34(29,30)27(17-8-6-5-7-9-17)16-24(28)26-21-15-22(31-2)20(25)14-23(21)32-3/h10-15,17H,4-9,16H2,1-3H3,(H,26,28). The van der Waals surface area contributed by atoms with Gasteiger partial charge in [0.15, 0.2) is 0 Å². The molecule has 0 radical (unpaired) electrons. The van der Waals surface area contributed by atoms with Crippen molar-refractivity contribution >= 4 is 33.2 Å². The zero-order valence-corrected chi connectivity index (χ0v) is 21.2. The van der Waals surface area contributed by atoms with Gasteiger partial charge in [-0.05, 0) is 44.0 Å². The van der Waals surface area contributed by atoms with Crippen molar-refractivity contribution in [3.63, 3.8) is 0 Å². The van der Waals surface area contributed by atoms with Crippen LogP contribution in [0.25, 0.3) is 0 Å². The number of rotatable bonds is 10. The Hall–Kier alpha value is -2.49. The lowest BCUT2D eigenvalue weighted by molar-refractivity contribution is -0.116. The first-order valence-corrected chi connectivity index (χ1v) is 13.1. The van der Waals surface area contributed by atoms with Crippen molar-refractivity contribution in [1.29, 1.82) is 0 Å². The van der Waals surface area contributed by atoms with Gasteiger partial charge >= 0.3 is 0 Å². The summed E-state index contributed by atoms with van der Waals surface area (Å²) in [7, 11) is -0.992. The predicted octanol–water partition coefficient (Wildman–Crippen LogP) is 4.72. The second-order valence-corrected chi connectivity index (χ2v) is 10.3. The van der Waals surface area contributed by atoms with E-state index in [1.165, 1.54) is 36.7 Å². The third kappa shape index (κ3) is 6.14. The highest BCUT2D eigenvalue weighted by molar-refractivity contribution is 7.89. The summed E-state index contributed by atoms with van der Waals surface area (Å²) in [6, 6.07) is 9.11. The number of anilines is 1. The van der Waals surface area contributed by atoms with E-state index in [0.717, 1.165) is 19.3 Å². The van der Waals surface area contributed by atoms with Gasteiger partial charge in [-0.25, -0.2) is 8.42 Å². The van der Waals surface area contributed by atoms with E-state index >= 15 is 0 Å². The Morgan fingerprint density at radius 1 is 1.06 bits per heavy atom. The van der Waals surface area contributed by atoms with E-state index in [2.05, 4.69) is 5.32 Å². The monoisotopic (exact) mass is 510 g/mol. The first-order chi connectivity index (χ1) is 16.3. The molecule has 0 unspecified atom stereocenters. The number of nitrogens with zero attached hydrogens (tertiary/aromatic N) is 1. The topological polar surface area (TPSA) is 94.2 Å². The molecular weight excluding hydrogens is 480 g/mol. The van der Waals surface area contributed by atoms with Crippen LogP contribution in [0.3, 0.4) is 0 Å². The third-order valence-corrected chi connectivity index (χ3v) is 7.98. The second-order valence-electron chi connectivity index (χ2n) is 7.98. The highest BCUT2D eigenvalue weighted by atomic mass is 35.5. The zero-order chi connectivity index (χ0) is 24.7. The molecule has 186 valence electrons. The van der Waals surface area contributed by atoms with Crippen LogP contribution in [-0.2, 0) is 14.8 Å². The Labute approximate surface area is 206 Å². The minimum absolute atomic E-state index is 0.125. The van der Waals surface area contributed by atoms with Crippen molar-refractivity contribution in [2.75, 3.05) is 32.7 Å². The van der Waals surface area contributed by atoms with Crippen LogP contribution in [0.1, 0.15) is 39.0 Å². The predicted molar refractivity (Wildman–Crippen MR) is 132 cm³/mol. The number of sulfonamides is 1. The average Bonchev–Trinajstić information content (AvgIpc) is 2.84. The highest BCUT2D eigenvalue weighted by Gasteiger charge is 2.34. The number of nitrogens with one attached hydrogen (secondary N) is 1. The van der Waals surface area contributed by atoms with Gasteiger partial charge in [0.05, 0.1) is 43.0 Å². The van der Waals surface area contributed by atoms with Crippen LogP contribution < -0.4 is 19.5 Å². The molecule has 1 fully saturated rings. The lowest BCUT2D eigenvalue weighted by Gasteiger charge is -2.33. The molecule has 0 aliphatic heterocycles. The van der Waals surface area contributed by atoms with Gasteiger partial charge in [0.2, 0.25) is 15.9 Å². The fourth-order valence-electron chi connectivity index (χ4n) is 4.08. The number of hydrogen-bond donors (Lipinski definition) is 1. The molecule has 1 N–H and O–H groups in total. The minimum atomic E-state index is -3.92. The quantitative estimate of drug-likeness (QED) is 0.497. The minimum Gasteiger partial charge on any atom is -0.495 e. The van der Waals surface area contributed by atoms with E-state index in [9.17, 15) is 13.2 Å². The van der Waals surface area contributed by atoms with Gasteiger partial charge in [0.1, 0.15) is 17.2 Å². The molecule has 10 heteroatoms. The van der Waals surface area contributed by atoms with E-state index in [1.54, 1.807) is 18.2 Å². The van der Waals surface area contributed by atoms with Crippen molar-refractivity contribution in [3.05, 3.63) is 41.4 Å². The summed E-state index contributed by atoms with van der Waals surface area (Å²) in [6.07, 6.45) is 4.32. The molecular formula is C24H31ClN2O6S. The molecule has 0 spiro atoms. The van der Waals surface area contributed by atoms with Crippen LogP contribution in [-0.4, -0.2) is 52.0 Å². The molecule has 0 heterocycles. The van der Waals surface area contributed by atoms with Crippen molar-refractivity contribution in [1.82, 2.24) is 4.31 Å². The maximum absolute atomic E-state index is 13.6. The van der Waals surface area contributed by atoms with E-state index in [0.29, 0.717) is 47.4 Å². The maximum atomic E-state index is 13.6. The van der Waals surface area contributed by atoms with Gasteiger partial charge in [0, 0.05) is 18.2 Å². The maximum Gasteiger partial charge on any atom is 0.243 e. The molecule has 1 aliphatic rings. The summed E-state index contributed by atoms with van der Waals surface area (Å²) in [5.41, 5.74) is 0.343. The van der Waals surface area contributed by atoms with E-state index in [-0.39, 0.29) is 17.5 Å². The number of carbonyl (C=O) groups excluding carboxylic acids is 1. The largest absolute Gasteiger partial charge is 0.495 e. The summed E-state index contributed by atoms with van der Waals surface area (Å²) >= 11 is 6.15. The van der Waals surface area contributed by atoms with Crippen LogP contribution >= 0.6 is 11.6 Å². The lowest BCUT2D eigenvalue weighted by Crippen LogP contribution is -2.45. The van der Waals surface area contributed by atoms with Gasteiger partial charge < -0.3 is 19.5 Å². The van der Waals surface area contributed by atoms with Crippen LogP contribution in [0.2, 0.25) is 5.02 Å². The zero-order valence-electron chi connectivity index (χ0n) is 19.7. The number of hydrogen-bond acceptors (Lipinski definition) is 6. The number of ether oxygens (including phenoxy) is 3. The second kappa shape index (κ2) is 11.8. The Morgan fingerprint density at radius 2 is 1.71 bits per heavy atom. The van der Waals surface area contributed by atoms with Gasteiger partial charge in [-0.2, -0.15) is 4.31 Å². The summed E-state index contributed by atoms with van der Waals surface area (Å²) < 4.78 is 44.5. The number of benzene rings is 2. The van der Waals surface area contributed by atoms with Crippen molar-refractivity contribution in [2.24, 2.45) is 0 Å². The number of amides is 1. The molecule has 8 nitrogen and oxygen atoms in total. The van der Waals surface area contributed by atoms with E-state index < -0.39 is 15.9 Å². The summed E-state index contributed by atoms with van der Waals surface area (Å²) in [5, 5.41) is 3.09. The Bertz CT molecular complexity index is 1090. The molecule has 1 amide bonds. The molecule has 34 heavy (non-hydrogen) atoms. The summed E-state index contributed by atoms with van der Waals surface area (Å²) in [6.45, 7) is 2.02. The number of carbonyl (C=O) groups is 1. The van der Waals surface area contributed by atoms with Crippen molar-refractivity contribution in [2.45, 2.75) is 50.0 Å².